The Labute approximate surface area is 155 Å². The number of carbonyl (C=O) groups is 3. The summed E-state index contributed by atoms with van der Waals surface area (Å²) in [5.74, 6) is -1.26. The number of ether oxygens (including phenoxy) is 1. The first kappa shape index (κ1) is 17.9. The molecule has 1 N–H and O–H groups in total. The second kappa shape index (κ2) is 7.58. The molecule has 0 aromatic heterocycles. The topological polar surface area (TPSA) is 75.7 Å². The van der Waals surface area contributed by atoms with Crippen molar-refractivity contribution in [1.29, 1.82) is 0 Å². The van der Waals surface area contributed by atoms with Gasteiger partial charge >= 0.3 is 5.97 Å². The van der Waals surface area contributed by atoms with Crippen molar-refractivity contribution in [3.63, 3.8) is 0 Å². The number of benzene rings is 2. The third-order valence-corrected chi connectivity index (χ3v) is 4.38. The van der Waals surface area contributed by atoms with Crippen molar-refractivity contribution in [1.82, 2.24) is 0 Å². The van der Waals surface area contributed by atoms with Gasteiger partial charge in [-0.3, -0.25) is 9.59 Å². The quantitative estimate of drug-likeness (QED) is 0.839. The van der Waals surface area contributed by atoms with Gasteiger partial charge in [-0.15, -0.1) is 0 Å². The lowest BCUT2D eigenvalue weighted by molar-refractivity contribution is -0.122. The minimum atomic E-state index is -0.672. The van der Waals surface area contributed by atoms with E-state index in [1.165, 1.54) is 11.0 Å². The van der Waals surface area contributed by atoms with Crippen LogP contribution >= 0.6 is 11.6 Å². The molecule has 0 bridgehead atoms. The van der Waals surface area contributed by atoms with E-state index in [0.717, 1.165) is 0 Å². The van der Waals surface area contributed by atoms with Crippen molar-refractivity contribution in [2.45, 2.75) is 19.4 Å². The second-order valence-corrected chi connectivity index (χ2v) is 6.35. The monoisotopic (exact) mass is 372 g/mol. The van der Waals surface area contributed by atoms with Gasteiger partial charge in [0.1, 0.15) is 0 Å². The molecule has 3 rings (SSSR count). The molecule has 0 fully saturated rings. The van der Waals surface area contributed by atoms with E-state index in [1.54, 1.807) is 49.4 Å². The van der Waals surface area contributed by atoms with Gasteiger partial charge in [0, 0.05) is 12.5 Å². The number of nitrogens with zero attached hydrogens (tertiary/aromatic N) is 1. The van der Waals surface area contributed by atoms with Gasteiger partial charge in [0.25, 0.3) is 5.91 Å². The van der Waals surface area contributed by atoms with E-state index in [2.05, 4.69) is 5.32 Å². The Morgan fingerprint density at radius 1 is 1.19 bits per heavy atom. The summed E-state index contributed by atoms with van der Waals surface area (Å²) in [6, 6.07) is 13.1. The number of rotatable bonds is 3. The molecule has 1 aliphatic heterocycles. The number of hydrogen-bond donors (Lipinski definition) is 1. The zero-order chi connectivity index (χ0) is 18.7. The number of carbonyl (C=O) groups excluding carboxylic acids is 3. The number of esters is 1. The molecular weight excluding hydrogens is 356 g/mol. The fraction of sp³-hybridized carbons (Fsp3) is 0.211. The summed E-state index contributed by atoms with van der Waals surface area (Å²) in [5.41, 5.74) is 1.32. The Bertz CT molecular complexity index is 868. The van der Waals surface area contributed by atoms with Gasteiger partial charge in [-0.05, 0) is 31.2 Å². The van der Waals surface area contributed by atoms with Crippen molar-refractivity contribution in [2.24, 2.45) is 0 Å². The van der Waals surface area contributed by atoms with Crippen molar-refractivity contribution < 1.29 is 19.1 Å². The molecule has 1 atom stereocenters. The summed E-state index contributed by atoms with van der Waals surface area (Å²) in [6.45, 7) is 1.33. The van der Waals surface area contributed by atoms with Crippen LogP contribution in [0.25, 0.3) is 0 Å². The summed E-state index contributed by atoms with van der Waals surface area (Å²) < 4.78 is 5.14. The summed E-state index contributed by atoms with van der Waals surface area (Å²) >= 11 is 5.97. The fourth-order valence-corrected chi connectivity index (χ4v) is 3.08. The van der Waals surface area contributed by atoms with E-state index in [9.17, 15) is 14.4 Å². The highest BCUT2D eigenvalue weighted by Crippen LogP contribution is 2.31. The lowest BCUT2D eigenvalue weighted by Crippen LogP contribution is -2.41. The summed E-state index contributed by atoms with van der Waals surface area (Å²) in [7, 11) is 0. The van der Waals surface area contributed by atoms with E-state index in [0.29, 0.717) is 11.4 Å². The molecule has 2 aromatic rings. The molecule has 134 valence electrons. The van der Waals surface area contributed by atoms with Crippen LogP contribution in [0.4, 0.5) is 11.4 Å². The van der Waals surface area contributed by atoms with Crippen LogP contribution in [-0.2, 0) is 14.3 Å². The normalized spacial score (nSPS) is 16.3. The highest BCUT2D eigenvalue weighted by Gasteiger charge is 2.30. The molecule has 1 aliphatic rings. The van der Waals surface area contributed by atoms with Crippen molar-refractivity contribution in [2.75, 3.05) is 16.8 Å². The van der Waals surface area contributed by atoms with Crippen LogP contribution in [0.15, 0.2) is 48.5 Å². The largest absolute Gasteiger partial charge is 0.452 e. The Morgan fingerprint density at radius 3 is 2.65 bits per heavy atom. The summed E-state index contributed by atoms with van der Waals surface area (Å²) in [6.07, 6.45) is 0.152. The average Bonchev–Trinajstić information content (AvgIpc) is 2.74. The molecule has 1 unspecified atom stereocenters. The number of anilines is 2. The molecule has 0 saturated heterocycles. The maximum Gasteiger partial charge on any atom is 0.340 e. The van der Waals surface area contributed by atoms with Crippen LogP contribution in [0.5, 0.6) is 0 Å². The van der Waals surface area contributed by atoms with Crippen LogP contribution in [0.1, 0.15) is 23.7 Å². The standard InChI is InChI=1S/C19H17ClN2O4/c1-12-10-17(23)21-15-8-4-5-9-16(15)22(12)18(24)11-26-19(25)13-6-2-3-7-14(13)20/h2-9,12H,10-11H2,1H3,(H,21,23). The van der Waals surface area contributed by atoms with Crippen molar-refractivity contribution >= 4 is 40.8 Å². The van der Waals surface area contributed by atoms with E-state index in [-0.39, 0.29) is 29.0 Å². The fourth-order valence-electron chi connectivity index (χ4n) is 2.87. The number of fused-ring (bicyclic) bond motifs is 1. The molecule has 0 saturated carbocycles. The summed E-state index contributed by atoms with van der Waals surface area (Å²) in [4.78, 5) is 38.3. The lowest BCUT2D eigenvalue weighted by Gasteiger charge is -2.27. The molecule has 6 nitrogen and oxygen atoms in total. The molecule has 2 aromatic carbocycles. The maximum atomic E-state index is 12.7. The first-order chi connectivity index (χ1) is 12.5. The zero-order valence-electron chi connectivity index (χ0n) is 14.1. The van der Waals surface area contributed by atoms with Crippen LogP contribution in [0.3, 0.4) is 0 Å². The molecule has 1 heterocycles. The zero-order valence-corrected chi connectivity index (χ0v) is 14.8. The third kappa shape index (κ3) is 3.70. The van der Waals surface area contributed by atoms with Gasteiger partial charge in [-0.1, -0.05) is 35.9 Å². The van der Waals surface area contributed by atoms with E-state index < -0.39 is 18.5 Å². The molecule has 26 heavy (non-hydrogen) atoms. The predicted octanol–water partition coefficient (Wildman–Crippen LogP) is 3.26. The van der Waals surface area contributed by atoms with Crippen LogP contribution in [0, 0.1) is 0 Å². The molecule has 2 amide bonds. The van der Waals surface area contributed by atoms with Crippen LogP contribution in [0.2, 0.25) is 5.02 Å². The van der Waals surface area contributed by atoms with Gasteiger partial charge in [0.05, 0.1) is 22.0 Å². The maximum absolute atomic E-state index is 12.7. The minimum absolute atomic E-state index is 0.152. The Morgan fingerprint density at radius 2 is 1.88 bits per heavy atom. The first-order valence-electron chi connectivity index (χ1n) is 8.10. The van der Waals surface area contributed by atoms with E-state index in [4.69, 9.17) is 16.3 Å². The first-order valence-corrected chi connectivity index (χ1v) is 8.47. The lowest BCUT2D eigenvalue weighted by atomic mass is 10.1. The number of amides is 2. The number of hydrogen-bond acceptors (Lipinski definition) is 4. The number of para-hydroxylation sites is 2. The molecule has 0 aliphatic carbocycles. The van der Waals surface area contributed by atoms with Gasteiger partial charge in [0.15, 0.2) is 6.61 Å². The second-order valence-electron chi connectivity index (χ2n) is 5.94. The SMILES string of the molecule is CC1CC(=O)Nc2ccccc2N1C(=O)COC(=O)c1ccccc1Cl. The highest BCUT2D eigenvalue weighted by atomic mass is 35.5. The number of nitrogens with one attached hydrogen (secondary N) is 1. The van der Waals surface area contributed by atoms with Gasteiger partial charge in [0.2, 0.25) is 5.91 Å². The Balaban J connectivity index is 1.77. The predicted molar refractivity (Wildman–Crippen MR) is 98.4 cm³/mol. The minimum Gasteiger partial charge on any atom is -0.452 e. The van der Waals surface area contributed by atoms with Gasteiger partial charge < -0.3 is 15.0 Å². The van der Waals surface area contributed by atoms with Gasteiger partial charge in [-0.2, -0.15) is 0 Å². The van der Waals surface area contributed by atoms with Crippen molar-refractivity contribution in [3.8, 4) is 0 Å². The average molecular weight is 373 g/mol. The van der Waals surface area contributed by atoms with E-state index in [1.807, 2.05) is 0 Å². The molecule has 0 radical (unpaired) electrons. The number of halogens is 1. The van der Waals surface area contributed by atoms with Crippen LogP contribution in [-0.4, -0.2) is 30.4 Å². The molecule has 0 spiro atoms. The third-order valence-electron chi connectivity index (χ3n) is 4.05. The Kier molecular flexibility index (Phi) is 5.23. The van der Waals surface area contributed by atoms with Crippen molar-refractivity contribution in [3.05, 3.63) is 59.1 Å². The molecule has 7 heteroatoms. The summed E-state index contributed by atoms with van der Waals surface area (Å²) in [5, 5.41) is 3.04. The Hall–Kier alpha value is -2.86. The molecular formula is C19H17ClN2O4. The smallest absolute Gasteiger partial charge is 0.340 e. The van der Waals surface area contributed by atoms with Crippen LogP contribution < -0.4 is 10.2 Å². The highest BCUT2D eigenvalue weighted by molar-refractivity contribution is 6.33. The van der Waals surface area contributed by atoms with E-state index >= 15 is 0 Å². The van der Waals surface area contributed by atoms with Gasteiger partial charge in [-0.25, -0.2) is 4.79 Å².